The topological polar surface area (TPSA) is 113 Å². The number of carbonyl (C=O) groups is 1. The van der Waals surface area contributed by atoms with Crippen LogP contribution in [-0.2, 0) is 13.1 Å². The molecule has 0 fully saturated rings. The van der Waals surface area contributed by atoms with Crippen LogP contribution in [0.3, 0.4) is 0 Å². The van der Waals surface area contributed by atoms with E-state index in [-0.39, 0.29) is 36.3 Å². The predicted molar refractivity (Wildman–Crippen MR) is 131 cm³/mol. The van der Waals surface area contributed by atoms with Crippen LogP contribution >= 0.6 is 0 Å². The zero-order valence-corrected chi connectivity index (χ0v) is 20.4. The van der Waals surface area contributed by atoms with Gasteiger partial charge in [0, 0.05) is 18.3 Å². The Bertz CT molecular complexity index is 1110. The van der Waals surface area contributed by atoms with Crippen molar-refractivity contribution in [1.82, 2.24) is 24.8 Å². The van der Waals surface area contributed by atoms with Crippen molar-refractivity contribution in [1.29, 1.82) is 0 Å². The van der Waals surface area contributed by atoms with Crippen molar-refractivity contribution in [2.24, 2.45) is 0 Å². The summed E-state index contributed by atoms with van der Waals surface area (Å²) in [5, 5.41) is 23.1. The lowest BCUT2D eigenvalue weighted by molar-refractivity contribution is 0.0742. The van der Waals surface area contributed by atoms with Crippen molar-refractivity contribution >= 4 is 5.91 Å². The zero-order chi connectivity index (χ0) is 25.5. The fourth-order valence-corrected chi connectivity index (χ4v) is 3.86. The molecule has 1 radical (unpaired) electrons. The number of nitrogens with one attached hydrogen (secondary N) is 1. The minimum atomic E-state index is -0.743. The molecule has 3 N–H and O–H groups in total. The number of nitrogens with zero attached hydrogens (tertiary/aromatic N) is 4. The Labute approximate surface area is 205 Å². The first kappa shape index (κ1) is 26.4. The van der Waals surface area contributed by atoms with Crippen LogP contribution in [0.25, 0.3) is 11.4 Å². The van der Waals surface area contributed by atoms with Crippen LogP contribution < -0.4 is 5.32 Å². The Hall–Kier alpha value is -3.17. The molecule has 0 aliphatic heterocycles. The van der Waals surface area contributed by atoms with Crippen molar-refractivity contribution in [3.8, 4) is 11.4 Å². The Morgan fingerprint density at radius 1 is 1.14 bits per heavy atom. The third-order valence-corrected chi connectivity index (χ3v) is 5.70. The number of amides is 1. The summed E-state index contributed by atoms with van der Waals surface area (Å²) < 4.78 is 15.5. The molecule has 2 heterocycles. The summed E-state index contributed by atoms with van der Waals surface area (Å²) in [5.74, 6) is -0.269. The minimum Gasteiger partial charge on any atom is -0.393 e. The van der Waals surface area contributed by atoms with Gasteiger partial charge in [-0.2, -0.15) is 0 Å². The number of rotatable bonds is 11. The third kappa shape index (κ3) is 6.93. The van der Waals surface area contributed by atoms with E-state index in [2.05, 4.69) is 27.2 Å². The van der Waals surface area contributed by atoms with Gasteiger partial charge in [-0.3, -0.25) is 14.8 Å². The van der Waals surface area contributed by atoms with E-state index < -0.39 is 12.2 Å². The largest absolute Gasteiger partial charge is 0.393 e. The number of aliphatic hydroxyl groups is 2. The van der Waals surface area contributed by atoms with Crippen LogP contribution in [0.15, 0.2) is 36.7 Å². The number of aromatic nitrogens is 4. The second kappa shape index (κ2) is 12.0. The van der Waals surface area contributed by atoms with Gasteiger partial charge in [0.1, 0.15) is 17.3 Å². The van der Waals surface area contributed by atoms with Crippen molar-refractivity contribution in [3.63, 3.8) is 0 Å². The molecule has 1 amide bonds. The van der Waals surface area contributed by atoms with E-state index in [0.717, 1.165) is 5.69 Å². The molecule has 8 nitrogen and oxygen atoms in total. The summed E-state index contributed by atoms with van der Waals surface area (Å²) in [6, 6.07) is 5.92. The highest BCUT2D eigenvalue weighted by molar-refractivity contribution is 5.94. The number of benzene rings is 1. The summed E-state index contributed by atoms with van der Waals surface area (Å²) >= 11 is 0. The number of imidazole rings is 1. The van der Waals surface area contributed by atoms with Gasteiger partial charge < -0.3 is 20.1 Å². The molecular formula is C26H33FN5O3. The first-order chi connectivity index (χ1) is 16.7. The monoisotopic (exact) mass is 482 g/mol. The molecule has 2 aromatic heterocycles. The van der Waals surface area contributed by atoms with Gasteiger partial charge in [0.25, 0.3) is 5.91 Å². The highest BCUT2D eigenvalue weighted by atomic mass is 19.1. The minimum absolute atomic E-state index is 0.0563. The van der Waals surface area contributed by atoms with Gasteiger partial charge in [-0.1, -0.05) is 20.8 Å². The van der Waals surface area contributed by atoms with Gasteiger partial charge in [0.2, 0.25) is 0 Å². The molecule has 9 heteroatoms. The fraction of sp³-hybridized carbons (Fsp3) is 0.423. The number of hydrogen-bond acceptors (Lipinski definition) is 6. The highest BCUT2D eigenvalue weighted by Crippen LogP contribution is 2.29. The molecule has 0 aliphatic rings. The number of halogens is 1. The van der Waals surface area contributed by atoms with Gasteiger partial charge in [0.05, 0.1) is 42.0 Å². The third-order valence-electron chi connectivity index (χ3n) is 5.70. The maximum atomic E-state index is 13.6. The number of carbonyl (C=O) groups excluding carboxylic acids is 1. The first-order valence-corrected chi connectivity index (χ1v) is 11.8. The molecule has 0 saturated carbocycles. The molecule has 3 rings (SSSR count). The molecule has 0 aliphatic carbocycles. The van der Waals surface area contributed by atoms with Crippen LogP contribution in [0.1, 0.15) is 66.6 Å². The maximum absolute atomic E-state index is 13.6. The zero-order valence-electron chi connectivity index (χ0n) is 20.4. The predicted octanol–water partition coefficient (Wildman–Crippen LogP) is 3.57. The van der Waals surface area contributed by atoms with E-state index in [9.17, 15) is 19.4 Å². The van der Waals surface area contributed by atoms with Crippen molar-refractivity contribution < 1.29 is 19.4 Å². The molecule has 0 saturated heterocycles. The lowest BCUT2D eigenvalue weighted by atomic mass is 10.1. The fourth-order valence-electron chi connectivity index (χ4n) is 3.86. The maximum Gasteiger partial charge on any atom is 0.272 e. The van der Waals surface area contributed by atoms with Crippen LogP contribution in [0, 0.1) is 19.7 Å². The van der Waals surface area contributed by atoms with E-state index in [1.807, 2.05) is 25.3 Å². The Balaban J connectivity index is 1.93. The molecule has 0 bridgehead atoms. The van der Waals surface area contributed by atoms with E-state index in [4.69, 9.17) is 0 Å². The van der Waals surface area contributed by atoms with Crippen LogP contribution in [-0.4, -0.2) is 47.8 Å². The average molecular weight is 483 g/mol. The second-order valence-corrected chi connectivity index (χ2v) is 8.93. The lowest BCUT2D eigenvalue weighted by Gasteiger charge is -2.18. The Morgan fingerprint density at radius 3 is 2.46 bits per heavy atom. The normalized spacial score (nSPS) is 13.1. The van der Waals surface area contributed by atoms with E-state index in [1.165, 1.54) is 12.1 Å². The summed E-state index contributed by atoms with van der Waals surface area (Å²) in [5.41, 5.74) is 3.05. The van der Waals surface area contributed by atoms with Crippen molar-refractivity contribution in [3.05, 3.63) is 72.2 Å². The van der Waals surface area contributed by atoms with E-state index >= 15 is 0 Å². The molecular weight excluding hydrogens is 449 g/mol. The standard InChI is InChI=1S/C26H33FN5O3/c1-5-21(33)12-22(34)10-11-32-24(16(2)3)23(31-25(32)18-6-8-19(27)9-7-18)26(35)30-15-20-14-28-17(4)13-29-20/h6-9,13-14,16,21-22,33-34H,1,5,10-12,15H2,2-4H3,(H,30,35). The second-order valence-electron chi connectivity index (χ2n) is 8.93. The van der Waals surface area contributed by atoms with E-state index in [1.54, 1.807) is 24.5 Å². The molecule has 35 heavy (non-hydrogen) atoms. The van der Waals surface area contributed by atoms with Gasteiger partial charge >= 0.3 is 0 Å². The SMILES string of the molecule is [CH2]CC(O)CC(O)CCn1c(-c2ccc(F)cc2)nc(C(=O)NCc2cnc(C)cn2)c1C(C)C. The molecule has 3 aromatic rings. The summed E-state index contributed by atoms with van der Waals surface area (Å²) in [4.78, 5) is 26.3. The molecule has 0 spiro atoms. The van der Waals surface area contributed by atoms with Crippen molar-refractivity contribution in [2.75, 3.05) is 0 Å². The average Bonchev–Trinajstić information content (AvgIpc) is 3.22. The molecule has 2 unspecified atom stereocenters. The molecule has 187 valence electrons. The number of aryl methyl sites for hydroxylation is 1. The first-order valence-electron chi connectivity index (χ1n) is 11.8. The van der Waals surface area contributed by atoms with Crippen LogP contribution in [0.4, 0.5) is 4.39 Å². The summed E-state index contributed by atoms with van der Waals surface area (Å²) in [6.07, 6.45) is 2.71. The van der Waals surface area contributed by atoms with Crippen LogP contribution in [0.2, 0.25) is 0 Å². The molecule has 1 aromatic carbocycles. The van der Waals surface area contributed by atoms with Gasteiger partial charge in [-0.05, 0) is 56.4 Å². The quantitative estimate of drug-likeness (QED) is 0.385. The summed E-state index contributed by atoms with van der Waals surface area (Å²) in [7, 11) is 0. The summed E-state index contributed by atoms with van der Waals surface area (Å²) in [6.45, 7) is 10.00. The lowest BCUT2D eigenvalue weighted by Crippen LogP contribution is -2.25. The number of aliphatic hydroxyl groups excluding tert-OH is 2. The Morgan fingerprint density at radius 2 is 1.86 bits per heavy atom. The van der Waals surface area contributed by atoms with Crippen LogP contribution in [0.5, 0.6) is 0 Å². The Kier molecular flexibility index (Phi) is 9.06. The van der Waals surface area contributed by atoms with E-state index in [0.29, 0.717) is 42.2 Å². The smallest absolute Gasteiger partial charge is 0.272 e. The van der Waals surface area contributed by atoms with Gasteiger partial charge in [0.15, 0.2) is 0 Å². The van der Waals surface area contributed by atoms with Crippen molar-refractivity contribution in [2.45, 2.75) is 71.2 Å². The molecule has 2 atom stereocenters. The van der Waals surface area contributed by atoms with Gasteiger partial charge in [-0.25, -0.2) is 9.37 Å². The number of hydrogen-bond donors (Lipinski definition) is 3. The van der Waals surface area contributed by atoms with Gasteiger partial charge in [-0.15, -0.1) is 0 Å². The highest BCUT2D eigenvalue weighted by Gasteiger charge is 2.26.